The average Bonchev–Trinajstić information content (AvgIpc) is 2.33. The molecule has 0 saturated carbocycles. The molecule has 3 nitrogen and oxygen atoms in total. The van der Waals surface area contributed by atoms with Crippen molar-refractivity contribution in [3.8, 4) is 11.5 Å². The monoisotopic (exact) mass is 315 g/mol. The summed E-state index contributed by atoms with van der Waals surface area (Å²) in [7, 11) is 3.68. The highest BCUT2D eigenvalue weighted by molar-refractivity contribution is 9.10. The van der Waals surface area contributed by atoms with Crippen LogP contribution >= 0.6 is 15.9 Å². The van der Waals surface area contributed by atoms with Crippen molar-refractivity contribution >= 4 is 15.9 Å². The number of phenolic OH excluding ortho intramolecular Hbond substituents is 1. The second-order valence-electron chi connectivity index (χ2n) is 4.68. The molecule has 0 heterocycles. The van der Waals surface area contributed by atoms with Crippen molar-refractivity contribution in [2.24, 2.45) is 0 Å². The number of benzene rings is 1. The lowest BCUT2D eigenvalue weighted by molar-refractivity contribution is 0.236. The third kappa shape index (κ3) is 3.89. The van der Waals surface area contributed by atoms with Crippen LogP contribution in [-0.2, 0) is 6.54 Å². The molecule has 0 aliphatic rings. The van der Waals surface area contributed by atoms with E-state index in [-0.39, 0.29) is 5.75 Å². The lowest BCUT2D eigenvalue weighted by Gasteiger charge is -2.24. The number of nitrogens with zero attached hydrogens (tertiary/aromatic N) is 1. The van der Waals surface area contributed by atoms with Gasteiger partial charge in [0.2, 0.25) is 0 Å². The minimum Gasteiger partial charge on any atom is -0.503 e. The molecule has 0 spiro atoms. The third-order valence-corrected chi connectivity index (χ3v) is 3.80. The fourth-order valence-electron chi connectivity index (χ4n) is 1.96. The first-order valence-electron chi connectivity index (χ1n) is 6.25. The van der Waals surface area contributed by atoms with E-state index >= 15 is 0 Å². The Morgan fingerprint density at radius 3 is 2.67 bits per heavy atom. The van der Waals surface area contributed by atoms with E-state index in [0.717, 1.165) is 12.1 Å². The molecule has 1 atom stereocenters. The summed E-state index contributed by atoms with van der Waals surface area (Å²) >= 11 is 3.35. The summed E-state index contributed by atoms with van der Waals surface area (Å²) in [5, 5.41) is 9.76. The van der Waals surface area contributed by atoms with Crippen LogP contribution in [-0.4, -0.2) is 30.2 Å². The summed E-state index contributed by atoms with van der Waals surface area (Å²) < 4.78 is 5.83. The van der Waals surface area contributed by atoms with E-state index in [4.69, 9.17) is 4.74 Å². The van der Waals surface area contributed by atoms with Gasteiger partial charge in [-0.3, -0.25) is 4.90 Å². The van der Waals surface area contributed by atoms with E-state index < -0.39 is 0 Å². The molecule has 0 bridgehead atoms. The van der Waals surface area contributed by atoms with Crippen LogP contribution < -0.4 is 4.74 Å². The molecule has 1 aromatic rings. The van der Waals surface area contributed by atoms with Gasteiger partial charge in [0.1, 0.15) is 0 Å². The summed E-state index contributed by atoms with van der Waals surface area (Å²) in [5.41, 5.74) is 1.13. The predicted octanol–water partition coefficient (Wildman–Crippen LogP) is 3.78. The molecule has 0 amide bonds. The summed E-state index contributed by atoms with van der Waals surface area (Å²) in [6, 6.07) is 4.37. The fraction of sp³-hybridized carbons (Fsp3) is 0.571. The largest absolute Gasteiger partial charge is 0.503 e. The first-order chi connectivity index (χ1) is 8.49. The van der Waals surface area contributed by atoms with Gasteiger partial charge in [0.05, 0.1) is 11.6 Å². The Bertz CT molecular complexity index is 396. The van der Waals surface area contributed by atoms with Gasteiger partial charge in [0, 0.05) is 12.6 Å². The maximum Gasteiger partial charge on any atom is 0.172 e. The summed E-state index contributed by atoms with van der Waals surface area (Å²) in [4.78, 5) is 2.31. The second kappa shape index (κ2) is 7.00. The zero-order valence-corrected chi connectivity index (χ0v) is 13.1. The van der Waals surface area contributed by atoms with Crippen LogP contribution in [0, 0.1) is 0 Å². The highest BCUT2D eigenvalue weighted by Gasteiger charge is 2.12. The molecule has 1 N–H and O–H groups in total. The van der Waals surface area contributed by atoms with Gasteiger partial charge in [-0.15, -0.1) is 0 Å². The molecule has 1 rings (SSSR count). The molecule has 0 aromatic heterocycles. The maximum absolute atomic E-state index is 9.76. The van der Waals surface area contributed by atoms with Crippen molar-refractivity contribution in [1.29, 1.82) is 0 Å². The van der Waals surface area contributed by atoms with Crippen LogP contribution in [0.2, 0.25) is 0 Å². The highest BCUT2D eigenvalue weighted by Crippen LogP contribution is 2.35. The Hall–Kier alpha value is -0.740. The molecule has 0 fully saturated rings. The SMILES string of the molecule is CCCC(C)N(C)Cc1cc(Br)c(O)c(OC)c1. The molecule has 0 aliphatic heterocycles. The minimum absolute atomic E-state index is 0.158. The van der Waals surface area contributed by atoms with Crippen molar-refractivity contribution in [2.75, 3.05) is 14.2 Å². The smallest absolute Gasteiger partial charge is 0.172 e. The van der Waals surface area contributed by atoms with E-state index in [1.807, 2.05) is 12.1 Å². The Balaban J connectivity index is 2.81. The normalized spacial score (nSPS) is 12.8. The van der Waals surface area contributed by atoms with Gasteiger partial charge in [-0.25, -0.2) is 0 Å². The lowest BCUT2D eigenvalue weighted by atomic mass is 10.1. The molecule has 1 aromatic carbocycles. The molecule has 0 saturated heterocycles. The van der Waals surface area contributed by atoms with E-state index in [2.05, 4.69) is 41.7 Å². The molecule has 0 radical (unpaired) electrons. The van der Waals surface area contributed by atoms with Crippen molar-refractivity contribution in [1.82, 2.24) is 4.90 Å². The zero-order valence-electron chi connectivity index (χ0n) is 11.5. The van der Waals surface area contributed by atoms with Crippen molar-refractivity contribution in [3.05, 3.63) is 22.2 Å². The minimum atomic E-state index is 0.158. The summed E-state index contributed by atoms with van der Waals surface area (Å²) in [6.45, 7) is 5.27. The molecule has 0 aliphatic carbocycles. The van der Waals surface area contributed by atoms with E-state index in [1.165, 1.54) is 12.8 Å². The standard InChI is InChI=1S/C14H22BrNO2/c1-5-6-10(2)16(3)9-11-7-12(15)14(17)13(8-11)18-4/h7-8,10,17H,5-6,9H2,1-4H3. The van der Waals surface area contributed by atoms with Gasteiger partial charge >= 0.3 is 0 Å². The molecular formula is C14H22BrNO2. The second-order valence-corrected chi connectivity index (χ2v) is 5.54. The first-order valence-corrected chi connectivity index (χ1v) is 7.04. The summed E-state index contributed by atoms with van der Waals surface area (Å²) in [5.74, 6) is 0.668. The van der Waals surface area contributed by atoms with Gasteiger partial charge in [0.25, 0.3) is 0 Å². The molecule has 4 heteroatoms. The third-order valence-electron chi connectivity index (χ3n) is 3.20. The highest BCUT2D eigenvalue weighted by atomic mass is 79.9. The molecule has 102 valence electrons. The first kappa shape index (κ1) is 15.3. The number of phenols is 1. The number of ether oxygens (including phenoxy) is 1. The van der Waals surface area contributed by atoms with E-state index in [0.29, 0.717) is 16.3 Å². The molecule has 18 heavy (non-hydrogen) atoms. The number of rotatable bonds is 6. The average molecular weight is 316 g/mol. The van der Waals surface area contributed by atoms with Gasteiger partial charge in [-0.1, -0.05) is 13.3 Å². The molecule has 1 unspecified atom stereocenters. The number of hydrogen-bond donors (Lipinski definition) is 1. The topological polar surface area (TPSA) is 32.7 Å². The van der Waals surface area contributed by atoms with Gasteiger partial charge in [-0.05, 0) is 54.0 Å². The number of methoxy groups -OCH3 is 1. The summed E-state index contributed by atoms with van der Waals surface area (Å²) in [6.07, 6.45) is 2.38. The predicted molar refractivity (Wildman–Crippen MR) is 78.2 cm³/mol. The molecular weight excluding hydrogens is 294 g/mol. The van der Waals surface area contributed by atoms with Crippen LogP contribution in [0.15, 0.2) is 16.6 Å². The van der Waals surface area contributed by atoms with Crippen molar-refractivity contribution < 1.29 is 9.84 Å². The van der Waals surface area contributed by atoms with Crippen molar-refractivity contribution in [3.63, 3.8) is 0 Å². The van der Waals surface area contributed by atoms with Gasteiger partial charge < -0.3 is 9.84 Å². The quantitative estimate of drug-likeness (QED) is 0.867. The fourth-order valence-corrected chi connectivity index (χ4v) is 2.45. The van der Waals surface area contributed by atoms with Crippen LogP contribution in [0.5, 0.6) is 11.5 Å². The Morgan fingerprint density at radius 2 is 2.11 bits per heavy atom. The van der Waals surface area contributed by atoms with Gasteiger partial charge in [-0.2, -0.15) is 0 Å². The number of hydrogen-bond acceptors (Lipinski definition) is 3. The lowest BCUT2D eigenvalue weighted by Crippen LogP contribution is -2.28. The van der Waals surface area contributed by atoms with E-state index in [1.54, 1.807) is 7.11 Å². The maximum atomic E-state index is 9.76. The number of halogens is 1. The Kier molecular flexibility index (Phi) is 5.96. The van der Waals surface area contributed by atoms with Crippen LogP contribution in [0.25, 0.3) is 0 Å². The Morgan fingerprint density at radius 1 is 1.44 bits per heavy atom. The van der Waals surface area contributed by atoms with Crippen LogP contribution in [0.1, 0.15) is 32.3 Å². The Labute approximate surface area is 118 Å². The van der Waals surface area contributed by atoms with Crippen LogP contribution in [0.4, 0.5) is 0 Å². The van der Waals surface area contributed by atoms with Gasteiger partial charge in [0.15, 0.2) is 11.5 Å². The zero-order chi connectivity index (χ0) is 13.7. The van der Waals surface area contributed by atoms with Crippen LogP contribution in [0.3, 0.4) is 0 Å². The van der Waals surface area contributed by atoms with Crippen molar-refractivity contribution in [2.45, 2.75) is 39.3 Å². The van der Waals surface area contributed by atoms with E-state index in [9.17, 15) is 5.11 Å². The number of aromatic hydroxyl groups is 1.